The van der Waals surface area contributed by atoms with E-state index >= 15 is 0 Å². The molecule has 1 aromatic carbocycles. The number of hydrogen-bond acceptors (Lipinski definition) is 6. The predicted molar refractivity (Wildman–Crippen MR) is 108 cm³/mol. The van der Waals surface area contributed by atoms with E-state index in [1.54, 1.807) is 6.26 Å². The summed E-state index contributed by atoms with van der Waals surface area (Å²) in [6.07, 6.45) is 3.23. The van der Waals surface area contributed by atoms with Crippen molar-refractivity contribution in [2.24, 2.45) is 0 Å². The van der Waals surface area contributed by atoms with Crippen LogP contribution in [0, 0.1) is 0 Å². The molecule has 0 unspecified atom stereocenters. The molecule has 0 radical (unpaired) electrons. The SMILES string of the molecule is CC(C)(C)c1noc(CCCC(=O)Nc2cccc(COCc3ccco3)c2)n1. The number of carbonyl (C=O) groups excluding carboxylic acids is 1. The summed E-state index contributed by atoms with van der Waals surface area (Å²) in [5.41, 5.74) is 1.59. The Balaban J connectivity index is 1.41. The van der Waals surface area contributed by atoms with Gasteiger partial charge in [0.05, 0.1) is 12.9 Å². The highest BCUT2D eigenvalue weighted by Crippen LogP contribution is 2.19. The Morgan fingerprint density at radius 2 is 2.03 bits per heavy atom. The topological polar surface area (TPSA) is 90.4 Å². The fourth-order valence-corrected chi connectivity index (χ4v) is 2.69. The van der Waals surface area contributed by atoms with E-state index in [1.807, 2.05) is 57.2 Å². The number of hydrogen-bond donors (Lipinski definition) is 1. The third-order valence-electron chi connectivity index (χ3n) is 4.24. The Morgan fingerprint density at radius 1 is 1.17 bits per heavy atom. The van der Waals surface area contributed by atoms with Gasteiger partial charge in [0.15, 0.2) is 5.82 Å². The summed E-state index contributed by atoms with van der Waals surface area (Å²) < 4.78 is 16.1. The van der Waals surface area contributed by atoms with E-state index in [1.165, 1.54) is 0 Å². The van der Waals surface area contributed by atoms with Crippen molar-refractivity contribution in [2.45, 2.75) is 58.7 Å². The van der Waals surface area contributed by atoms with Gasteiger partial charge in [0.1, 0.15) is 12.4 Å². The van der Waals surface area contributed by atoms with Gasteiger partial charge >= 0.3 is 0 Å². The summed E-state index contributed by atoms with van der Waals surface area (Å²) in [5, 5.41) is 6.92. The van der Waals surface area contributed by atoms with Gasteiger partial charge in [0.2, 0.25) is 11.8 Å². The molecule has 1 N–H and O–H groups in total. The van der Waals surface area contributed by atoms with Crippen molar-refractivity contribution < 1.29 is 18.5 Å². The van der Waals surface area contributed by atoms with Crippen LogP contribution >= 0.6 is 0 Å². The van der Waals surface area contributed by atoms with Crippen molar-refractivity contribution >= 4 is 11.6 Å². The van der Waals surface area contributed by atoms with Gasteiger partial charge in [-0.25, -0.2) is 0 Å². The smallest absolute Gasteiger partial charge is 0.226 e. The first kappa shape index (κ1) is 20.8. The molecule has 2 aromatic heterocycles. The minimum absolute atomic E-state index is 0.0470. The molecule has 29 heavy (non-hydrogen) atoms. The van der Waals surface area contributed by atoms with Crippen LogP contribution in [-0.4, -0.2) is 16.0 Å². The van der Waals surface area contributed by atoms with Crippen LogP contribution in [0.1, 0.15) is 56.7 Å². The number of furan rings is 1. The van der Waals surface area contributed by atoms with Crippen molar-refractivity contribution in [1.29, 1.82) is 0 Å². The van der Waals surface area contributed by atoms with Gasteiger partial charge in [0, 0.05) is 23.9 Å². The third kappa shape index (κ3) is 6.57. The van der Waals surface area contributed by atoms with E-state index in [2.05, 4.69) is 15.5 Å². The molecule has 7 nitrogen and oxygen atoms in total. The number of nitrogens with one attached hydrogen (secondary N) is 1. The molecule has 7 heteroatoms. The van der Waals surface area contributed by atoms with Crippen molar-refractivity contribution in [3.05, 3.63) is 65.7 Å². The molecule has 0 fully saturated rings. The van der Waals surface area contributed by atoms with Crippen LogP contribution in [0.4, 0.5) is 5.69 Å². The van der Waals surface area contributed by atoms with E-state index in [0.717, 1.165) is 17.0 Å². The fourth-order valence-electron chi connectivity index (χ4n) is 2.69. The zero-order valence-electron chi connectivity index (χ0n) is 17.1. The lowest BCUT2D eigenvalue weighted by atomic mass is 9.96. The standard InChI is InChI=1S/C22H27N3O4/c1-22(2,3)21-24-20(29-25-21)11-5-10-19(26)23-17-8-4-7-16(13-17)14-27-15-18-9-6-12-28-18/h4,6-9,12-13H,5,10-11,14-15H2,1-3H3,(H,23,26). The highest BCUT2D eigenvalue weighted by atomic mass is 16.5. The summed E-state index contributed by atoms with van der Waals surface area (Å²) in [6, 6.07) is 11.3. The van der Waals surface area contributed by atoms with Gasteiger partial charge in [-0.15, -0.1) is 0 Å². The molecule has 0 saturated carbocycles. The predicted octanol–water partition coefficient (Wildman–Crippen LogP) is 4.64. The van der Waals surface area contributed by atoms with Crippen molar-refractivity contribution in [1.82, 2.24) is 10.1 Å². The molecule has 3 aromatic rings. The van der Waals surface area contributed by atoms with Gasteiger partial charge in [-0.2, -0.15) is 4.98 Å². The van der Waals surface area contributed by atoms with E-state index in [-0.39, 0.29) is 11.3 Å². The van der Waals surface area contributed by atoms with Crippen LogP contribution in [0.2, 0.25) is 0 Å². The number of rotatable bonds is 9. The zero-order chi connectivity index (χ0) is 20.7. The average molecular weight is 397 g/mol. The van der Waals surface area contributed by atoms with Gasteiger partial charge in [0.25, 0.3) is 0 Å². The Labute approximate surface area is 170 Å². The highest BCUT2D eigenvalue weighted by Gasteiger charge is 2.20. The summed E-state index contributed by atoms with van der Waals surface area (Å²) in [5.74, 6) is 1.99. The number of ether oxygens (including phenoxy) is 1. The molecular formula is C22H27N3O4. The van der Waals surface area contributed by atoms with Crippen molar-refractivity contribution in [3.8, 4) is 0 Å². The van der Waals surface area contributed by atoms with E-state index in [4.69, 9.17) is 13.7 Å². The van der Waals surface area contributed by atoms with Gasteiger partial charge in [-0.1, -0.05) is 38.1 Å². The number of aryl methyl sites for hydroxylation is 1. The lowest BCUT2D eigenvalue weighted by Gasteiger charge is -2.10. The fraction of sp³-hybridized carbons (Fsp3) is 0.409. The molecule has 0 aliphatic carbocycles. The summed E-state index contributed by atoms with van der Waals surface area (Å²) >= 11 is 0. The van der Waals surface area contributed by atoms with Crippen LogP contribution in [0.3, 0.4) is 0 Å². The van der Waals surface area contributed by atoms with Crippen LogP contribution in [0.15, 0.2) is 51.6 Å². The van der Waals surface area contributed by atoms with Crippen LogP contribution in [-0.2, 0) is 34.6 Å². The Morgan fingerprint density at radius 3 is 2.76 bits per heavy atom. The molecular weight excluding hydrogens is 370 g/mol. The van der Waals surface area contributed by atoms with E-state index < -0.39 is 0 Å². The summed E-state index contributed by atoms with van der Waals surface area (Å²) in [6.45, 7) is 6.95. The normalized spacial score (nSPS) is 11.6. The Hall–Kier alpha value is -2.93. The highest BCUT2D eigenvalue weighted by molar-refractivity contribution is 5.90. The largest absolute Gasteiger partial charge is 0.467 e. The van der Waals surface area contributed by atoms with Crippen LogP contribution in [0.5, 0.6) is 0 Å². The second-order valence-corrected chi connectivity index (χ2v) is 7.94. The molecule has 1 amide bonds. The van der Waals surface area contributed by atoms with Crippen molar-refractivity contribution in [2.75, 3.05) is 5.32 Å². The van der Waals surface area contributed by atoms with E-state index in [0.29, 0.717) is 44.2 Å². The number of anilines is 1. The lowest BCUT2D eigenvalue weighted by molar-refractivity contribution is -0.116. The molecule has 3 rings (SSSR count). The minimum Gasteiger partial charge on any atom is -0.467 e. The van der Waals surface area contributed by atoms with Gasteiger partial charge in [-0.05, 0) is 36.2 Å². The molecule has 0 spiro atoms. The summed E-state index contributed by atoms with van der Waals surface area (Å²) in [7, 11) is 0. The molecule has 0 atom stereocenters. The van der Waals surface area contributed by atoms with Crippen LogP contribution in [0.25, 0.3) is 0 Å². The number of benzene rings is 1. The number of carbonyl (C=O) groups is 1. The molecule has 154 valence electrons. The van der Waals surface area contributed by atoms with Crippen molar-refractivity contribution in [3.63, 3.8) is 0 Å². The molecule has 0 saturated heterocycles. The van der Waals surface area contributed by atoms with Gasteiger partial charge in [-0.3, -0.25) is 4.79 Å². The zero-order valence-corrected chi connectivity index (χ0v) is 17.1. The second-order valence-electron chi connectivity index (χ2n) is 7.94. The molecule has 0 bridgehead atoms. The first-order valence-corrected chi connectivity index (χ1v) is 9.72. The number of aromatic nitrogens is 2. The Bertz CT molecular complexity index is 910. The van der Waals surface area contributed by atoms with Crippen LogP contribution < -0.4 is 5.32 Å². The maximum absolute atomic E-state index is 12.2. The number of nitrogens with zero attached hydrogens (tertiary/aromatic N) is 2. The number of amides is 1. The third-order valence-corrected chi connectivity index (χ3v) is 4.24. The van der Waals surface area contributed by atoms with Gasteiger partial charge < -0.3 is 19.0 Å². The quantitative estimate of drug-likeness (QED) is 0.566. The second kappa shape index (κ2) is 9.52. The maximum Gasteiger partial charge on any atom is 0.226 e. The Kier molecular flexibility index (Phi) is 6.82. The first-order chi connectivity index (χ1) is 13.9. The minimum atomic E-state index is -0.147. The summed E-state index contributed by atoms with van der Waals surface area (Å²) in [4.78, 5) is 16.6. The monoisotopic (exact) mass is 397 g/mol. The maximum atomic E-state index is 12.2. The molecule has 0 aliphatic heterocycles. The van der Waals surface area contributed by atoms with E-state index in [9.17, 15) is 4.79 Å². The lowest BCUT2D eigenvalue weighted by Crippen LogP contribution is -2.13. The molecule has 2 heterocycles. The molecule has 0 aliphatic rings. The first-order valence-electron chi connectivity index (χ1n) is 9.72. The average Bonchev–Trinajstić information content (AvgIpc) is 3.34.